The van der Waals surface area contributed by atoms with Crippen molar-refractivity contribution in [1.82, 2.24) is 5.32 Å². The van der Waals surface area contributed by atoms with Crippen LogP contribution in [-0.2, 0) is 25.6 Å². The molecule has 0 saturated heterocycles. The van der Waals surface area contributed by atoms with Gasteiger partial charge >= 0.3 is 5.97 Å². The monoisotopic (exact) mass is 597 g/mol. The average Bonchev–Trinajstić information content (AvgIpc) is 2.81. The molecule has 0 aromatic heterocycles. The Hall–Kier alpha value is -3.14. The van der Waals surface area contributed by atoms with Gasteiger partial charge in [0.25, 0.3) is 13.3 Å². The van der Waals surface area contributed by atoms with Crippen molar-refractivity contribution >= 4 is 63.7 Å². The molecule has 0 spiro atoms. The van der Waals surface area contributed by atoms with Gasteiger partial charge in [0, 0.05) is 23.8 Å². The van der Waals surface area contributed by atoms with Crippen LogP contribution in [0.25, 0.3) is 6.08 Å². The Kier molecular flexibility index (Phi) is 9.07. The summed E-state index contributed by atoms with van der Waals surface area (Å²) in [4.78, 5) is 35.1. The average molecular weight is 598 g/mol. The Labute approximate surface area is 228 Å². The minimum Gasteiger partial charge on any atom is -0.508 e. The predicted octanol–water partition coefficient (Wildman–Crippen LogP) is 4.09. The number of carboxylic acid groups (broad SMARTS) is 1. The molecule has 2 unspecified atom stereocenters. The van der Waals surface area contributed by atoms with E-state index in [2.05, 4.69) is 5.32 Å². The zero-order valence-corrected chi connectivity index (χ0v) is 22.9. The molecule has 0 fully saturated rings. The minimum atomic E-state index is -3.98. The number of carboxylic acids is 1. The number of rotatable bonds is 9. The quantitative estimate of drug-likeness (QED) is 0.268. The highest BCUT2D eigenvalue weighted by Gasteiger charge is 2.25. The Morgan fingerprint density at radius 3 is 2.26 bits per heavy atom. The Morgan fingerprint density at radius 1 is 1.05 bits per heavy atom. The molecule has 13 heteroatoms. The molecule has 0 radical (unpaired) electrons. The first-order valence-corrected chi connectivity index (χ1v) is 15.2. The van der Waals surface area contributed by atoms with Crippen molar-refractivity contribution in [3.63, 3.8) is 0 Å². The van der Waals surface area contributed by atoms with Crippen molar-refractivity contribution in [2.24, 2.45) is 0 Å². The fourth-order valence-electron chi connectivity index (χ4n) is 3.44. The van der Waals surface area contributed by atoms with E-state index in [4.69, 9.17) is 23.2 Å². The van der Waals surface area contributed by atoms with E-state index in [1.165, 1.54) is 60.7 Å². The summed E-state index contributed by atoms with van der Waals surface area (Å²) < 4.78 is 36.2. The molecule has 4 N–H and O–H groups in total. The molecular weight excluding hydrogens is 576 g/mol. The van der Waals surface area contributed by atoms with Crippen LogP contribution in [0.5, 0.6) is 5.75 Å². The summed E-state index contributed by atoms with van der Waals surface area (Å²) in [6.45, 7) is 0. The number of phenolic OH excluding ortho intramolecular Hbond substituents is 1. The van der Waals surface area contributed by atoms with Crippen molar-refractivity contribution < 1.29 is 37.7 Å². The minimum absolute atomic E-state index is 0.00345. The molecule has 9 nitrogen and oxygen atoms in total. The molecular formula is C25H22Cl2NO8PS. The molecule has 2 atom stereocenters. The second-order valence-corrected chi connectivity index (χ2v) is 13.2. The first kappa shape index (κ1) is 29.4. The highest BCUT2D eigenvalue weighted by Crippen LogP contribution is 2.42. The summed E-state index contributed by atoms with van der Waals surface area (Å²) in [5.41, 5.74) is 0.457. The fourth-order valence-corrected chi connectivity index (χ4v) is 5.97. The molecule has 3 aromatic rings. The first-order chi connectivity index (χ1) is 17.7. The van der Waals surface area contributed by atoms with E-state index in [-0.39, 0.29) is 38.0 Å². The van der Waals surface area contributed by atoms with Crippen molar-refractivity contribution in [3.05, 3.63) is 93.2 Å². The number of hydrogen-bond acceptors (Lipinski definition) is 6. The van der Waals surface area contributed by atoms with Crippen LogP contribution in [0.15, 0.2) is 71.4 Å². The zero-order chi connectivity index (χ0) is 28.3. The molecule has 200 valence electrons. The van der Waals surface area contributed by atoms with Gasteiger partial charge in [-0.3, -0.25) is 9.36 Å². The van der Waals surface area contributed by atoms with E-state index >= 15 is 0 Å². The molecule has 38 heavy (non-hydrogen) atoms. The molecule has 3 aromatic carbocycles. The van der Waals surface area contributed by atoms with E-state index in [9.17, 15) is 37.7 Å². The van der Waals surface area contributed by atoms with Gasteiger partial charge in [-0.15, -0.1) is 0 Å². The van der Waals surface area contributed by atoms with E-state index in [0.717, 1.165) is 18.1 Å². The van der Waals surface area contributed by atoms with Crippen LogP contribution in [-0.4, -0.2) is 47.7 Å². The lowest BCUT2D eigenvalue weighted by Gasteiger charge is -2.16. The van der Waals surface area contributed by atoms with Gasteiger partial charge in [0.05, 0.1) is 20.5 Å². The second-order valence-electron chi connectivity index (χ2n) is 8.31. The van der Waals surface area contributed by atoms with E-state index < -0.39 is 35.1 Å². The van der Waals surface area contributed by atoms with Crippen molar-refractivity contribution in [3.8, 4) is 5.75 Å². The van der Waals surface area contributed by atoms with Gasteiger partial charge in [-0.2, -0.15) is 0 Å². The molecule has 1 amide bonds. The van der Waals surface area contributed by atoms with E-state index in [1.54, 1.807) is 0 Å². The topological polar surface area (TPSA) is 158 Å². The number of amides is 1. The highest BCUT2D eigenvalue weighted by molar-refractivity contribution is 7.90. The molecule has 0 heterocycles. The Bertz CT molecular complexity index is 1570. The smallest absolute Gasteiger partial charge is 0.326 e. The van der Waals surface area contributed by atoms with Crippen LogP contribution >= 0.6 is 30.6 Å². The SMILES string of the molecule is CS(=O)(=O)c1cccc(CC(NC(=O)c2c(Cl)cc(C=CP(=O)(O)c3cccc(O)c3)cc2Cl)C(=O)O)c1. The molecule has 0 aliphatic rings. The molecule has 0 aliphatic heterocycles. The van der Waals surface area contributed by atoms with Crippen LogP contribution in [0.1, 0.15) is 21.5 Å². The zero-order valence-electron chi connectivity index (χ0n) is 19.7. The molecule has 0 bridgehead atoms. The number of benzene rings is 3. The van der Waals surface area contributed by atoms with Crippen molar-refractivity contribution in [1.29, 1.82) is 0 Å². The van der Waals surface area contributed by atoms with Crippen molar-refractivity contribution in [2.75, 3.05) is 6.26 Å². The maximum absolute atomic E-state index is 12.9. The summed E-state index contributed by atoms with van der Waals surface area (Å²) in [6, 6.07) is 12.2. The lowest BCUT2D eigenvalue weighted by molar-refractivity contribution is -0.139. The van der Waals surface area contributed by atoms with Gasteiger partial charge < -0.3 is 20.4 Å². The third-order valence-corrected chi connectivity index (χ3v) is 8.61. The van der Waals surface area contributed by atoms with Gasteiger partial charge in [0.1, 0.15) is 11.8 Å². The van der Waals surface area contributed by atoms with E-state index in [1.807, 2.05) is 0 Å². The third kappa shape index (κ3) is 7.46. The number of nitrogens with one attached hydrogen (secondary N) is 1. The van der Waals surface area contributed by atoms with E-state index in [0.29, 0.717) is 11.1 Å². The Balaban J connectivity index is 1.82. The van der Waals surface area contributed by atoms with Gasteiger partial charge in [-0.1, -0.05) is 41.4 Å². The van der Waals surface area contributed by atoms with Crippen LogP contribution < -0.4 is 10.6 Å². The highest BCUT2D eigenvalue weighted by atomic mass is 35.5. The maximum atomic E-state index is 12.9. The van der Waals surface area contributed by atoms with Crippen LogP contribution in [0.3, 0.4) is 0 Å². The number of carbonyl (C=O) groups excluding carboxylic acids is 1. The van der Waals surface area contributed by atoms with Gasteiger partial charge in [-0.05, 0) is 59.7 Å². The summed E-state index contributed by atoms with van der Waals surface area (Å²) in [5.74, 6) is -1.39. The molecule has 0 aliphatic carbocycles. The van der Waals surface area contributed by atoms with Crippen molar-refractivity contribution in [2.45, 2.75) is 17.4 Å². The fraction of sp³-hybridized carbons (Fsp3) is 0.120. The summed E-state index contributed by atoms with van der Waals surface area (Å²) in [7, 11) is -7.50. The predicted molar refractivity (Wildman–Crippen MR) is 145 cm³/mol. The normalized spacial score (nSPS) is 14.1. The van der Waals surface area contributed by atoms with Gasteiger partial charge in [0.15, 0.2) is 9.84 Å². The van der Waals surface area contributed by atoms with Gasteiger partial charge in [0.2, 0.25) is 0 Å². The Morgan fingerprint density at radius 2 is 1.68 bits per heavy atom. The number of halogens is 2. The largest absolute Gasteiger partial charge is 0.508 e. The number of sulfone groups is 1. The number of aromatic hydroxyl groups is 1. The molecule has 0 saturated carbocycles. The lowest BCUT2D eigenvalue weighted by Crippen LogP contribution is -2.42. The summed E-state index contributed by atoms with van der Waals surface area (Å²) >= 11 is 12.5. The first-order valence-electron chi connectivity index (χ1n) is 10.8. The summed E-state index contributed by atoms with van der Waals surface area (Å²) in [6.07, 6.45) is 2.09. The number of aliphatic carboxylic acids is 1. The lowest BCUT2D eigenvalue weighted by atomic mass is 10.0. The van der Waals surface area contributed by atoms with Crippen LogP contribution in [0.2, 0.25) is 10.0 Å². The van der Waals surface area contributed by atoms with Gasteiger partial charge in [-0.25, -0.2) is 13.2 Å². The molecule has 3 rings (SSSR count). The number of phenols is 1. The summed E-state index contributed by atoms with van der Waals surface area (Å²) in [5, 5.41) is 21.2. The third-order valence-electron chi connectivity index (χ3n) is 5.33. The maximum Gasteiger partial charge on any atom is 0.326 e. The number of hydrogen-bond donors (Lipinski definition) is 4. The van der Waals surface area contributed by atoms with Crippen LogP contribution in [0, 0.1) is 0 Å². The number of carbonyl (C=O) groups is 2. The van der Waals surface area contributed by atoms with Crippen LogP contribution in [0.4, 0.5) is 0 Å². The standard InChI is InChI=1S/C25H22Cl2NO8PS/c1-38(35,36)19-7-2-4-15(10-19)13-22(25(31)32)28-24(30)23-20(26)11-16(12-21(23)27)8-9-37(33,34)18-6-3-5-17(29)14-18/h2-12,14,22,29H,13H2,1H3,(H,28,30)(H,31,32)(H,33,34). The second kappa shape index (κ2) is 11.7.